The van der Waals surface area contributed by atoms with Gasteiger partial charge >= 0.3 is 0 Å². The van der Waals surface area contributed by atoms with Gasteiger partial charge in [-0.15, -0.1) is 0 Å². The molecular formula is C14H19NO2S. The number of nitriles is 1. The minimum atomic E-state index is -3.07. The first-order valence-electron chi connectivity index (χ1n) is 6.08. The van der Waals surface area contributed by atoms with E-state index in [2.05, 4.69) is 0 Å². The van der Waals surface area contributed by atoms with Crippen LogP contribution in [0.3, 0.4) is 0 Å². The number of sulfone groups is 1. The topological polar surface area (TPSA) is 57.9 Å². The van der Waals surface area contributed by atoms with Crippen molar-refractivity contribution in [2.45, 2.75) is 32.9 Å². The summed E-state index contributed by atoms with van der Waals surface area (Å²) in [5, 5.41) is 8.77. The summed E-state index contributed by atoms with van der Waals surface area (Å²) in [6.07, 6.45) is 0.867. The number of hydrogen-bond donors (Lipinski definition) is 0. The van der Waals surface area contributed by atoms with E-state index in [0.717, 1.165) is 17.5 Å². The van der Waals surface area contributed by atoms with E-state index in [0.29, 0.717) is 5.56 Å². The van der Waals surface area contributed by atoms with Crippen LogP contribution in [0.25, 0.3) is 0 Å². The monoisotopic (exact) mass is 265 g/mol. The van der Waals surface area contributed by atoms with Crippen molar-refractivity contribution in [1.82, 2.24) is 0 Å². The fraction of sp³-hybridized carbons (Fsp3) is 0.500. The normalized spacial score (nSPS) is 13.0. The quantitative estimate of drug-likeness (QED) is 0.822. The van der Waals surface area contributed by atoms with Gasteiger partial charge in [0.1, 0.15) is 0 Å². The van der Waals surface area contributed by atoms with Crippen LogP contribution in [-0.4, -0.2) is 14.2 Å². The van der Waals surface area contributed by atoms with E-state index in [1.807, 2.05) is 26.8 Å². The second kappa shape index (κ2) is 6.01. The molecule has 0 aromatic heterocycles. The molecule has 0 aliphatic heterocycles. The number of rotatable bonds is 5. The number of nitrogens with zero attached hydrogens (tertiary/aromatic N) is 1. The molecule has 1 rings (SSSR count). The lowest BCUT2D eigenvalue weighted by molar-refractivity contribution is 0.563. The van der Waals surface area contributed by atoms with Crippen LogP contribution in [0.2, 0.25) is 0 Å². The third-order valence-corrected chi connectivity index (χ3v) is 4.91. The Labute approximate surface area is 109 Å². The molecule has 0 aliphatic carbocycles. The Kier molecular flexibility index (Phi) is 4.92. The average Bonchev–Trinajstić information content (AvgIpc) is 2.30. The van der Waals surface area contributed by atoms with Crippen molar-refractivity contribution in [2.75, 3.05) is 5.75 Å². The Morgan fingerprint density at radius 2 is 2.06 bits per heavy atom. The molecule has 0 saturated carbocycles. The second-order valence-electron chi connectivity index (χ2n) is 4.82. The Bertz CT molecular complexity index is 556. The van der Waals surface area contributed by atoms with E-state index in [4.69, 9.17) is 5.26 Å². The zero-order valence-corrected chi connectivity index (χ0v) is 11.9. The summed E-state index contributed by atoms with van der Waals surface area (Å²) in [6, 6.07) is 7.19. The van der Waals surface area contributed by atoms with E-state index < -0.39 is 9.84 Å². The molecule has 0 fully saturated rings. The van der Waals surface area contributed by atoms with E-state index in [9.17, 15) is 8.42 Å². The smallest absolute Gasteiger partial charge is 0.154 e. The van der Waals surface area contributed by atoms with Crippen LogP contribution < -0.4 is 0 Å². The molecule has 0 amide bonds. The van der Waals surface area contributed by atoms with Gasteiger partial charge in [-0.25, -0.2) is 8.42 Å². The van der Waals surface area contributed by atoms with Crippen molar-refractivity contribution in [3.8, 4) is 6.07 Å². The average molecular weight is 265 g/mol. The molecule has 0 spiro atoms. The fourth-order valence-corrected chi connectivity index (χ4v) is 3.79. The van der Waals surface area contributed by atoms with Gasteiger partial charge in [0.15, 0.2) is 9.84 Å². The molecule has 1 aromatic rings. The van der Waals surface area contributed by atoms with Crippen LogP contribution in [0, 0.1) is 24.2 Å². The summed E-state index contributed by atoms with van der Waals surface area (Å²) < 4.78 is 24.0. The van der Waals surface area contributed by atoms with Crippen molar-refractivity contribution in [2.24, 2.45) is 5.92 Å². The minimum Gasteiger partial charge on any atom is -0.228 e. The Hall–Kier alpha value is -1.34. The van der Waals surface area contributed by atoms with E-state index in [-0.39, 0.29) is 17.4 Å². The van der Waals surface area contributed by atoms with Crippen molar-refractivity contribution < 1.29 is 8.42 Å². The fourth-order valence-electron chi connectivity index (χ4n) is 1.77. The van der Waals surface area contributed by atoms with Gasteiger partial charge in [0.05, 0.1) is 23.1 Å². The molecule has 4 heteroatoms. The van der Waals surface area contributed by atoms with E-state index in [1.165, 1.54) is 0 Å². The second-order valence-corrected chi connectivity index (χ2v) is 6.93. The summed E-state index contributed by atoms with van der Waals surface area (Å²) >= 11 is 0. The molecule has 0 aliphatic rings. The van der Waals surface area contributed by atoms with Crippen LogP contribution >= 0.6 is 0 Å². The Morgan fingerprint density at radius 1 is 1.39 bits per heavy atom. The van der Waals surface area contributed by atoms with Crippen molar-refractivity contribution in [3.05, 3.63) is 34.9 Å². The highest BCUT2D eigenvalue weighted by atomic mass is 32.2. The Morgan fingerprint density at radius 3 is 2.56 bits per heavy atom. The molecular weight excluding hydrogens is 246 g/mol. The molecule has 0 heterocycles. The van der Waals surface area contributed by atoms with Crippen LogP contribution in [0.5, 0.6) is 0 Å². The molecule has 0 bridgehead atoms. The summed E-state index contributed by atoms with van der Waals surface area (Å²) in [4.78, 5) is 0. The van der Waals surface area contributed by atoms with Crippen molar-refractivity contribution in [1.29, 1.82) is 5.26 Å². The third-order valence-electron chi connectivity index (χ3n) is 3.08. The largest absolute Gasteiger partial charge is 0.228 e. The highest BCUT2D eigenvalue weighted by Gasteiger charge is 2.16. The van der Waals surface area contributed by atoms with Gasteiger partial charge in [0.25, 0.3) is 0 Å². The molecule has 98 valence electrons. The predicted octanol–water partition coefficient (Wildman–Crippen LogP) is 2.83. The molecule has 3 nitrogen and oxygen atoms in total. The number of benzene rings is 1. The molecule has 1 unspecified atom stereocenters. The van der Waals surface area contributed by atoms with Gasteiger partial charge < -0.3 is 0 Å². The summed E-state index contributed by atoms with van der Waals surface area (Å²) in [5.74, 6) is 0.478. The molecule has 0 N–H and O–H groups in total. The lowest BCUT2D eigenvalue weighted by Gasteiger charge is -2.11. The number of aryl methyl sites for hydroxylation is 1. The van der Waals surface area contributed by atoms with Crippen LogP contribution in [0.4, 0.5) is 0 Å². The zero-order chi connectivity index (χ0) is 13.8. The summed E-state index contributed by atoms with van der Waals surface area (Å²) in [6.45, 7) is 5.78. The van der Waals surface area contributed by atoms with Crippen molar-refractivity contribution >= 4 is 9.84 Å². The third kappa shape index (κ3) is 4.15. The lowest BCUT2D eigenvalue weighted by Crippen LogP contribution is -2.15. The minimum absolute atomic E-state index is 0.0644. The van der Waals surface area contributed by atoms with Crippen LogP contribution in [-0.2, 0) is 15.6 Å². The van der Waals surface area contributed by atoms with Crippen LogP contribution in [0.15, 0.2) is 18.2 Å². The maximum absolute atomic E-state index is 12.0. The van der Waals surface area contributed by atoms with Gasteiger partial charge in [-0.2, -0.15) is 5.26 Å². The highest BCUT2D eigenvalue weighted by Crippen LogP contribution is 2.16. The lowest BCUT2D eigenvalue weighted by atomic mass is 10.1. The molecule has 0 radical (unpaired) electrons. The Balaban J connectivity index is 2.88. The van der Waals surface area contributed by atoms with Crippen molar-refractivity contribution in [3.63, 3.8) is 0 Å². The highest BCUT2D eigenvalue weighted by molar-refractivity contribution is 7.90. The van der Waals surface area contributed by atoms with Gasteiger partial charge in [0.2, 0.25) is 0 Å². The van der Waals surface area contributed by atoms with Gasteiger partial charge in [-0.05, 0) is 36.1 Å². The predicted molar refractivity (Wildman–Crippen MR) is 72.8 cm³/mol. The first-order valence-corrected chi connectivity index (χ1v) is 7.90. The van der Waals surface area contributed by atoms with E-state index in [1.54, 1.807) is 18.2 Å². The SMILES string of the molecule is CCC(C)CS(=O)(=O)Cc1ccc(C#N)cc1C. The maximum atomic E-state index is 12.0. The molecule has 1 atom stereocenters. The maximum Gasteiger partial charge on any atom is 0.154 e. The van der Waals surface area contributed by atoms with Crippen LogP contribution in [0.1, 0.15) is 37.0 Å². The molecule has 0 saturated heterocycles. The van der Waals surface area contributed by atoms with Gasteiger partial charge in [-0.3, -0.25) is 0 Å². The first kappa shape index (κ1) is 14.7. The first-order chi connectivity index (χ1) is 8.38. The zero-order valence-electron chi connectivity index (χ0n) is 11.1. The molecule has 18 heavy (non-hydrogen) atoms. The molecule has 1 aromatic carbocycles. The van der Waals surface area contributed by atoms with E-state index >= 15 is 0 Å². The van der Waals surface area contributed by atoms with Gasteiger partial charge in [-0.1, -0.05) is 26.3 Å². The summed E-state index contributed by atoms with van der Waals surface area (Å²) in [5.41, 5.74) is 2.22. The number of hydrogen-bond acceptors (Lipinski definition) is 3. The standard InChI is InChI=1S/C14H19NO2S/c1-4-11(2)9-18(16,17)10-14-6-5-13(8-15)7-12(14)3/h5-7,11H,4,9-10H2,1-3H3. The van der Waals surface area contributed by atoms with Gasteiger partial charge in [0, 0.05) is 0 Å². The summed E-state index contributed by atoms with van der Waals surface area (Å²) in [7, 11) is -3.07.